The van der Waals surface area contributed by atoms with Crippen molar-refractivity contribution in [2.75, 3.05) is 25.1 Å². The van der Waals surface area contributed by atoms with Crippen LogP contribution in [0.5, 0.6) is 0 Å². The van der Waals surface area contributed by atoms with Crippen molar-refractivity contribution in [1.29, 1.82) is 0 Å². The smallest absolute Gasteiger partial charge is 0.224 e. The second-order valence-corrected chi connectivity index (χ2v) is 5.02. The van der Waals surface area contributed by atoms with E-state index in [2.05, 4.69) is 30.7 Å². The Hall–Kier alpha value is -0.220. The first-order chi connectivity index (χ1) is 6.65. The maximum absolute atomic E-state index is 11.8. The van der Waals surface area contributed by atoms with Crippen molar-refractivity contribution >= 4 is 17.7 Å². The summed E-state index contributed by atoms with van der Waals surface area (Å²) < 4.78 is 0. The van der Waals surface area contributed by atoms with Crippen LogP contribution in [0.2, 0.25) is 0 Å². The Morgan fingerprint density at radius 2 is 2.36 bits per heavy atom. The molecule has 1 heterocycles. The van der Waals surface area contributed by atoms with Gasteiger partial charge in [-0.15, -0.1) is 0 Å². The van der Waals surface area contributed by atoms with Crippen LogP contribution in [0.15, 0.2) is 0 Å². The number of rotatable bonds is 4. The third kappa shape index (κ3) is 3.17. The van der Waals surface area contributed by atoms with Gasteiger partial charge in [0.25, 0.3) is 0 Å². The molecule has 0 bridgehead atoms. The zero-order valence-corrected chi connectivity index (χ0v) is 9.99. The molecule has 1 fully saturated rings. The predicted octanol–water partition coefficient (Wildman–Crippen LogP) is 0.710. The number of carbonyl (C=O) groups is 1. The molecule has 14 heavy (non-hydrogen) atoms. The fourth-order valence-corrected chi connectivity index (χ4v) is 2.39. The van der Waals surface area contributed by atoms with Crippen molar-refractivity contribution in [2.45, 2.75) is 19.9 Å². The predicted molar refractivity (Wildman–Crippen MR) is 61.5 cm³/mol. The van der Waals surface area contributed by atoms with Gasteiger partial charge in [0.15, 0.2) is 0 Å². The lowest BCUT2D eigenvalue weighted by molar-refractivity contribution is -0.125. The SMILES string of the molecule is CSCC(C)NC(=O)[C@@H]1CNC[C@H]1C. The summed E-state index contributed by atoms with van der Waals surface area (Å²) in [4.78, 5) is 11.8. The molecule has 82 valence electrons. The Bertz CT molecular complexity index is 199. The molecule has 0 aromatic carbocycles. The molecule has 0 aromatic rings. The lowest BCUT2D eigenvalue weighted by Gasteiger charge is -2.18. The van der Waals surface area contributed by atoms with Crippen molar-refractivity contribution in [3.05, 3.63) is 0 Å². The molecule has 0 aliphatic carbocycles. The van der Waals surface area contributed by atoms with Gasteiger partial charge >= 0.3 is 0 Å². The third-order valence-corrected chi connectivity index (χ3v) is 3.49. The van der Waals surface area contributed by atoms with Crippen LogP contribution in [0.3, 0.4) is 0 Å². The zero-order chi connectivity index (χ0) is 10.6. The molecule has 3 nitrogen and oxygen atoms in total. The van der Waals surface area contributed by atoms with Crippen LogP contribution in [-0.4, -0.2) is 37.0 Å². The van der Waals surface area contributed by atoms with E-state index in [9.17, 15) is 4.79 Å². The zero-order valence-electron chi connectivity index (χ0n) is 9.17. The topological polar surface area (TPSA) is 41.1 Å². The quantitative estimate of drug-likeness (QED) is 0.727. The highest BCUT2D eigenvalue weighted by molar-refractivity contribution is 7.98. The van der Waals surface area contributed by atoms with Crippen LogP contribution in [0.25, 0.3) is 0 Å². The van der Waals surface area contributed by atoms with Gasteiger partial charge in [0.1, 0.15) is 0 Å². The monoisotopic (exact) mass is 216 g/mol. The highest BCUT2D eigenvalue weighted by Gasteiger charge is 2.29. The Morgan fingerprint density at radius 3 is 2.86 bits per heavy atom. The van der Waals surface area contributed by atoms with Gasteiger partial charge in [-0.05, 0) is 25.6 Å². The van der Waals surface area contributed by atoms with Crippen molar-refractivity contribution in [2.24, 2.45) is 11.8 Å². The Labute approximate surface area is 90.4 Å². The fraction of sp³-hybridized carbons (Fsp3) is 0.900. The van der Waals surface area contributed by atoms with Crippen molar-refractivity contribution in [3.63, 3.8) is 0 Å². The van der Waals surface area contributed by atoms with Gasteiger partial charge in [-0.2, -0.15) is 11.8 Å². The van der Waals surface area contributed by atoms with Gasteiger partial charge in [0.05, 0.1) is 5.92 Å². The van der Waals surface area contributed by atoms with Gasteiger partial charge in [-0.1, -0.05) is 6.92 Å². The van der Waals surface area contributed by atoms with Crippen molar-refractivity contribution < 1.29 is 4.79 Å². The average molecular weight is 216 g/mol. The van der Waals surface area contributed by atoms with Crippen molar-refractivity contribution in [1.82, 2.24) is 10.6 Å². The Balaban J connectivity index is 2.33. The van der Waals surface area contributed by atoms with E-state index in [4.69, 9.17) is 0 Å². The number of carbonyl (C=O) groups excluding carboxylic acids is 1. The highest BCUT2D eigenvalue weighted by atomic mass is 32.2. The first-order valence-corrected chi connectivity index (χ1v) is 6.54. The summed E-state index contributed by atoms with van der Waals surface area (Å²) in [7, 11) is 0. The number of thioether (sulfide) groups is 1. The molecule has 1 unspecified atom stereocenters. The molecule has 4 heteroatoms. The van der Waals surface area contributed by atoms with E-state index in [1.807, 2.05) is 0 Å². The molecule has 1 saturated heterocycles. The van der Waals surface area contributed by atoms with Gasteiger partial charge in [-0.3, -0.25) is 4.79 Å². The summed E-state index contributed by atoms with van der Waals surface area (Å²) in [5.74, 6) is 1.83. The molecular weight excluding hydrogens is 196 g/mol. The molecule has 1 amide bonds. The molecular formula is C10H20N2OS. The molecule has 2 N–H and O–H groups in total. The molecule has 1 aliphatic rings. The van der Waals surface area contributed by atoms with E-state index in [1.54, 1.807) is 11.8 Å². The van der Waals surface area contributed by atoms with E-state index in [-0.39, 0.29) is 17.9 Å². The maximum Gasteiger partial charge on any atom is 0.224 e. The maximum atomic E-state index is 11.8. The van der Waals surface area contributed by atoms with E-state index in [0.29, 0.717) is 5.92 Å². The summed E-state index contributed by atoms with van der Waals surface area (Å²) in [5.41, 5.74) is 0. The molecule has 1 rings (SSSR count). The molecule has 0 radical (unpaired) electrons. The van der Waals surface area contributed by atoms with E-state index in [0.717, 1.165) is 18.8 Å². The minimum Gasteiger partial charge on any atom is -0.353 e. The van der Waals surface area contributed by atoms with E-state index < -0.39 is 0 Å². The summed E-state index contributed by atoms with van der Waals surface area (Å²) in [6, 6.07) is 0.283. The normalized spacial score (nSPS) is 28.8. The molecule has 0 spiro atoms. The lowest BCUT2D eigenvalue weighted by atomic mass is 9.97. The average Bonchev–Trinajstić information content (AvgIpc) is 2.51. The van der Waals surface area contributed by atoms with Gasteiger partial charge < -0.3 is 10.6 Å². The van der Waals surface area contributed by atoms with Crippen LogP contribution in [0.1, 0.15) is 13.8 Å². The van der Waals surface area contributed by atoms with Crippen LogP contribution >= 0.6 is 11.8 Å². The van der Waals surface area contributed by atoms with E-state index in [1.165, 1.54) is 0 Å². The van der Waals surface area contributed by atoms with Crippen molar-refractivity contribution in [3.8, 4) is 0 Å². The Kier molecular flexibility index (Phi) is 4.75. The van der Waals surface area contributed by atoms with Crippen LogP contribution < -0.4 is 10.6 Å². The number of amides is 1. The van der Waals surface area contributed by atoms with Gasteiger partial charge in [0.2, 0.25) is 5.91 Å². The number of hydrogen-bond acceptors (Lipinski definition) is 3. The summed E-state index contributed by atoms with van der Waals surface area (Å²) in [5, 5.41) is 6.30. The third-order valence-electron chi connectivity index (χ3n) is 2.66. The molecule has 0 aromatic heterocycles. The Morgan fingerprint density at radius 1 is 1.64 bits per heavy atom. The highest BCUT2D eigenvalue weighted by Crippen LogP contribution is 2.15. The second kappa shape index (κ2) is 5.61. The van der Waals surface area contributed by atoms with Crippen LogP contribution in [0.4, 0.5) is 0 Å². The minimum absolute atomic E-state index is 0.166. The summed E-state index contributed by atoms with van der Waals surface area (Å²) in [6.45, 7) is 5.99. The van der Waals surface area contributed by atoms with Crippen LogP contribution in [0, 0.1) is 11.8 Å². The summed E-state index contributed by atoms with van der Waals surface area (Å²) >= 11 is 1.76. The molecule has 3 atom stereocenters. The summed E-state index contributed by atoms with van der Waals surface area (Å²) in [6.07, 6.45) is 2.06. The first-order valence-electron chi connectivity index (χ1n) is 5.15. The van der Waals surface area contributed by atoms with Crippen LogP contribution in [-0.2, 0) is 4.79 Å². The minimum atomic E-state index is 0.166. The second-order valence-electron chi connectivity index (χ2n) is 4.11. The number of hydrogen-bond donors (Lipinski definition) is 2. The van der Waals surface area contributed by atoms with Gasteiger partial charge in [-0.25, -0.2) is 0 Å². The lowest BCUT2D eigenvalue weighted by Crippen LogP contribution is -2.40. The number of nitrogens with one attached hydrogen (secondary N) is 2. The largest absolute Gasteiger partial charge is 0.353 e. The first kappa shape index (κ1) is 11.9. The molecule has 1 aliphatic heterocycles. The fourth-order valence-electron chi connectivity index (χ4n) is 1.80. The van der Waals surface area contributed by atoms with E-state index >= 15 is 0 Å². The standard InChI is InChI=1S/C10H20N2OS/c1-7-4-11-5-9(7)10(13)12-8(2)6-14-3/h7-9,11H,4-6H2,1-3H3,(H,12,13)/t7-,8?,9-/m1/s1. The molecule has 0 saturated carbocycles. The van der Waals surface area contributed by atoms with Gasteiger partial charge in [0, 0.05) is 18.3 Å².